The summed E-state index contributed by atoms with van der Waals surface area (Å²) in [5.74, 6) is -0.0533. The molecule has 2 heterocycles. The van der Waals surface area contributed by atoms with Gasteiger partial charge >= 0.3 is 0 Å². The average molecular weight is 535 g/mol. The number of aliphatic hydroxyl groups is 1. The minimum absolute atomic E-state index is 0.0323. The molecule has 2 aliphatic rings. The van der Waals surface area contributed by atoms with E-state index in [1.807, 2.05) is 71.6 Å². The molecule has 3 aromatic carbocycles. The maximum Gasteiger partial charge on any atom is 0.275 e. The highest BCUT2D eigenvalue weighted by atomic mass is 16.3. The number of amides is 1. The summed E-state index contributed by atoms with van der Waals surface area (Å²) in [5, 5.41) is 15.6. The highest BCUT2D eigenvalue weighted by Gasteiger charge is 2.42. The Labute approximate surface area is 236 Å². The van der Waals surface area contributed by atoms with E-state index < -0.39 is 5.60 Å². The smallest absolute Gasteiger partial charge is 0.275 e. The lowest BCUT2D eigenvalue weighted by Crippen LogP contribution is -2.54. The number of benzene rings is 3. The molecule has 2 fully saturated rings. The predicted molar refractivity (Wildman–Crippen MR) is 158 cm³/mol. The molecular weight excluding hydrogens is 496 g/mol. The number of carbonyl (C=O) groups excluding carboxylic acids is 1. The standard InChI is InChI=1S/C34H38N4O2/c39-33(37-22-21-35-24-29(37)23-26-13-5-1-6-14-26)30-31(27-15-7-2-8-16-27)38(25-36-30)32(28-17-9-3-10-18-28)34(40)19-11-4-12-20-34/h1-3,5-10,13-18,25,29,32,35,40H,4,11-12,19-24H2/t29-,32?/m1/s1. The van der Waals surface area contributed by atoms with Gasteiger partial charge < -0.3 is 19.9 Å². The Kier molecular flexibility index (Phi) is 7.80. The third kappa shape index (κ3) is 5.34. The van der Waals surface area contributed by atoms with Crippen LogP contribution in [-0.4, -0.2) is 56.7 Å². The molecule has 6 heteroatoms. The van der Waals surface area contributed by atoms with Crippen LogP contribution in [-0.2, 0) is 6.42 Å². The van der Waals surface area contributed by atoms with Gasteiger partial charge in [-0.3, -0.25) is 4.79 Å². The van der Waals surface area contributed by atoms with Crippen LogP contribution in [0.1, 0.15) is 59.8 Å². The number of hydrogen-bond donors (Lipinski definition) is 2. The van der Waals surface area contributed by atoms with Gasteiger partial charge in [0.15, 0.2) is 5.69 Å². The van der Waals surface area contributed by atoms with E-state index in [9.17, 15) is 9.90 Å². The highest BCUT2D eigenvalue weighted by Crippen LogP contribution is 2.43. The molecule has 1 aliphatic heterocycles. The van der Waals surface area contributed by atoms with Crippen molar-refractivity contribution in [2.24, 2.45) is 0 Å². The molecule has 1 aromatic heterocycles. The molecule has 6 nitrogen and oxygen atoms in total. The minimum atomic E-state index is -0.922. The van der Waals surface area contributed by atoms with Crippen LogP contribution in [0.5, 0.6) is 0 Å². The number of nitrogens with zero attached hydrogens (tertiary/aromatic N) is 3. The van der Waals surface area contributed by atoms with Crippen molar-refractivity contribution in [2.45, 2.75) is 56.2 Å². The summed E-state index contributed by atoms with van der Waals surface area (Å²) in [4.78, 5) is 21.2. The van der Waals surface area contributed by atoms with Crippen molar-refractivity contribution in [2.75, 3.05) is 19.6 Å². The first kappa shape index (κ1) is 26.5. The van der Waals surface area contributed by atoms with Crippen molar-refractivity contribution in [1.82, 2.24) is 19.8 Å². The zero-order chi connectivity index (χ0) is 27.4. The van der Waals surface area contributed by atoms with E-state index in [-0.39, 0.29) is 18.0 Å². The summed E-state index contributed by atoms with van der Waals surface area (Å²) in [6.07, 6.45) is 7.13. The van der Waals surface area contributed by atoms with Gasteiger partial charge in [0.2, 0.25) is 0 Å². The molecule has 1 unspecified atom stereocenters. The number of hydrogen-bond acceptors (Lipinski definition) is 4. The van der Waals surface area contributed by atoms with Gasteiger partial charge in [-0.2, -0.15) is 0 Å². The van der Waals surface area contributed by atoms with Crippen LogP contribution in [0, 0.1) is 0 Å². The van der Waals surface area contributed by atoms with Gasteiger partial charge in [-0.25, -0.2) is 4.98 Å². The van der Waals surface area contributed by atoms with Crippen LogP contribution < -0.4 is 5.32 Å². The van der Waals surface area contributed by atoms with Crippen molar-refractivity contribution in [3.63, 3.8) is 0 Å². The van der Waals surface area contributed by atoms with Crippen LogP contribution >= 0.6 is 0 Å². The van der Waals surface area contributed by atoms with E-state index in [4.69, 9.17) is 4.98 Å². The Morgan fingerprint density at radius 3 is 2.27 bits per heavy atom. The van der Waals surface area contributed by atoms with Gasteiger partial charge in [0, 0.05) is 31.2 Å². The first-order chi connectivity index (χ1) is 19.6. The van der Waals surface area contributed by atoms with E-state index in [2.05, 4.69) is 34.1 Å². The second-order valence-electron chi connectivity index (χ2n) is 11.2. The van der Waals surface area contributed by atoms with Crippen LogP contribution in [0.25, 0.3) is 11.3 Å². The molecule has 2 atom stereocenters. The van der Waals surface area contributed by atoms with Crippen molar-refractivity contribution < 1.29 is 9.90 Å². The van der Waals surface area contributed by atoms with Crippen LogP contribution in [0.3, 0.4) is 0 Å². The molecule has 1 saturated heterocycles. The zero-order valence-corrected chi connectivity index (χ0v) is 23.0. The van der Waals surface area contributed by atoms with Gasteiger partial charge in [0.1, 0.15) is 0 Å². The number of rotatable bonds is 7. The van der Waals surface area contributed by atoms with Gasteiger partial charge in [-0.1, -0.05) is 110 Å². The van der Waals surface area contributed by atoms with Gasteiger partial charge in [0.05, 0.1) is 23.7 Å². The highest BCUT2D eigenvalue weighted by molar-refractivity contribution is 5.98. The SMILES string of the molecule is O=C(c1ncn(C(c2ccccc2)C2(O)CCCCC2)c1-c1ccccc1)N1CCNC[C@H]1Cc1ccccc1. The monoisotopic (exact) mass is 534 g/mol. The first-order valence-electron chi connectivity index (χ1n) is 14.6. The minimum Gasteiger partial charge on any atom is -0.387 e. The Hall–Kier alpha value is -3.74. The fourth-order valence-electron chi connectivity index (χ4n) is 6.63. The fourth-order valence-corrected chi connectivity index (χ4v) is 6.63. The van der Waals surface area contributed by atoms with Crippen molar-refractivity contribution in [1.29, 1.82) is 0 Å². The van der Waals surface area contributed by atoms with Crippen LogP contribution in [0.15, 0.2) is 97.3 Å². The number of piperazine rings is 1. The summed E-state index contributed by atoms with van der Waals surface area (Å²) < 4.78 is 2.08. The first-order valence-corrected chi connectivity index (χ1v) is 14.6. The molecule has 1 saturated carbocycles. The maximum atomic E-state index is 14.4. The second kappa shape index (κ2) is 11.8. The normalized spacial score (nSPS) is 19.7. The number of aromatic nitrogens is 2. The number of carbonyl (C=O) groups is 1. The molecule has 0 spiro atoms. The lowest BCUT2D eigenvalue weighted by Gasteiger charge is -2.41. The van der Waals surface area contributed by atoms with E-state index in [1.165, 1.54) is 5.56 Å². The number of imidazole rings is 1. The van der Waals surface area contributed by atoms with E-state index in [1.54, 1.807) is 6.33 Å². The molecule has 1 aliphatic carbocycles. The topological polar surface area (TPSA) is 70.4 Å². The maximum absolute atomic E-state index is 14.4. The Morgan fingerprint density at radius 2 is 1.57 bits per heavy atom. The molecule has 206 valence electrons. The lowest BCUT2D eigenvalue weighted by atomic mass is 9.76. The van der Waals surface area contributed by atoms with Gasteiger partial charge in [-0.05, 0) is 30.4 Å². The number of nitrogens with one attached hydrogen (secondary N) is 1. The lowest BCUT2D eigenvalue weighted by molar-refractivity contribution is -0.0299. The molecular formula is C34H38N4O2. The summed E-state index contributed by atoms with van der Waals surface area (Å²) in [6.45, 7) is 2.13. The zero-order valence-electron chi connectivity index (χ0n) is 23.0. The largest absolute Gasteiger partial charge is 0.387 e. The Morgan fingerprint density at radius 1 is 0.925 bits per heavy atom. The molecule has 0 radical (unpaired) electrons. The van der Waals surface area contributed by atoms with Crippen LogP contribution in [0.4, 0.5) is 0 Å². The molecule has 40 heavy (non-hydrogen) atoms. The predicted octanol–water partition coefficient (Wildman–Crippen LogP) is 5.49. The van der Waals surface area contributed by atoms with Crippen molar-refractivity contribution >= 4 is 5.91 Å². The Bertz CT molecular complexity index is 1400. The van der Waals surface area contributed by atoms with E-state index in [0.717, 1.165) is 68.4 Å². The second-order valence-corrected chi connectivity index (χ2v) is 11.2. The third-order valence-electron chi connectivity index (χ3n) is 8.59. The summed E-state index contributed by atoms with van der Waals surface area (Å²) in [5.41, 5.74) is 3.48. The van der Waals surface area contributed by atoms with Gasteiger partial charge in [0.25, 0.3) is 5.91 Å². The molecule has 0 bridgehead atoms. The van der Waals surface area contributed by atoms with Gasteiger partial charge in [-0.15, -0.1) is 0 Å². The van der Waals surface area contributed by atoms with Crippen LogP contribution in [0.2, 0.25) is 0 Å². The average Bonchev–Trinajstić information content (AvgIpc) is 3.43. The molecule has 1 amide bonds. The van der Waals surface area contributed by atoms with E-state index >= 15 is 0 Å². The summed E-state index contributed by atoms with van der Waals surface area (Å²) in [7, 11) is 0. The molecule has 2 N–H and O–H groups in total. The summed E-state index contributed by atoms with van der Waals surface area (Å²) in [6, 6.07) is 30.3. The van der Waals surface area contributed by atoms with Crippen molar-refractivity contribution in [3.05, 3.63) is 114 Å². The summed E-state index contributed by atoms with van der Waals surface area (Å²) >= 11 is 0. The fraction of sp³-hybridized carbons (Fsp3) is 0.353. The Balaban J connectivity index is 1.44. The van der Waals surface area contributed by atoms with E-state index in [0.29, 0.717) is 12.2 Å². The molecule has 6 rings (SSSR count). The third-order valence-corrected chi connectivity index (χ3v) is 8.59. The quantitative estimate of drug-likeness (QED) is 0.329. The van der Waals surface area contributed by atoms with Crippen molar-refractivity contribution in [3.8, 4) is 11.3 Å². The molecule has 4 aromatic rings.